The summed E-state index contributed by atoms with van der Waals surface area (Å²) in [5, 5.41) is 4.29. The van der Waals surface area contributed by atoms with Crippen LogP contribution in [0.25, 0.3) is 11.0 Å². The number of rotatable bonds is 3. The number of hydrogen-bond donors (Lipinski definition) is 1. The molecule has 2 heterocycles. The van der Waals surface area contributed by atoms with Crippen molar-refractivity contribution in [3.63, 3.8) is 0 Å². The van der Waals surface area contributed by atoms with Crippen LogP contribution in [0.15, 0.2) is 18.2 Å². The molecule has 4 heteroatoms. The van der Waals surface area contributed by atoms with Crippen molar-refractivity contribution in [3.05, 3.63) is 29.0 Å². The predicted octanol–water partition coefficient (Wildman–Crippen LogP) is 3.52. The van der Waals surface area contributed by atoms with Crippen LogP contribution in [0.3, 0.4) is 0 Å². The van der Waals surface area contributed by atoms with Gasteiger partial charge in [0.2, 0.25) is 0 Å². The fourth-order valence-electron chi connectivity index (χ4n) is 2.75. The van der Waals surface area contributed by atoms with Gasteiger partial charge < -0.3 is 9.88 Å². The third-order valence-corrected chi connectivity index (χ3v) is 3.79. The van der Waals surface area contributed by atoms with Crippen molar-refractivity contribution in [3.8, 4) is 0 Å². The van der Waals surface area contributed by atoms with Crippen molar-refractivity contribution in [2.45, 2.75) is 38.8 Å². The van der Waals surface area contributed by atoms with Gasteiger partial charge in [0.05, 0.1) is 17.1 Å². The maximum Gasteiger partial charge on any atom is 0.127 e. The summed E-state index contributed by atoms with van der Waals surface area (Å²) in [5.74, 6) is 1.17. The summed E-state index contributed by atoms with van der Waals surface area (Å²) in [4.78, 5) is 4.79. The summed E-state index contributed by atoms with van der Waals surface area (Å²) >= 11 is 6.05. The molecular formula is C14H18ClN3. The molecule has 1 aliphatic rings. The highest BCUT2D eigenvalue weighted by Crippen LogP contribution is 2.28. The van der Waals surface area contributed by atoms with Crippen LogP contribution in [0, 0.1) is 0 Å². The standard InChI is InChI=1S/C14H18ClN3/c1-2-8-18-13-6-5-10(15)9-12(13)17-14(18)11-4-3-7-16-11/h5-6,9,11,16H,2-4,7-8H2,1H3. The minimum absolute atomic E-state index is 0.405. The van der Waals surface area contributed by atoms with Gasteiger partial charge in [-0.05, 0) is 44.0 Å². The smallest absolute Gasteiger partial charge is 0.127 e. The molecule has 3 rings (SSSR count). The molecule has 1 N–H and O–H groups in total. The van der Waals surface area contributed by atoms with Gasteiger partial charge in [0.25, 0.3) is 0 Å². The summed E-state index contributed by atoms with van der Waals surface area (Å²) in [6.45, 7) is 4.32. The average molecular weight is 264 g/mol. The van der Waals surface area contributed by atoms with E-state index in [0.29, 0.717) is 6.04 Å². The molecule has 1 aromatic carbocycles. The number of nitrogens with one attached hydrogen (secondary N) is 1. The van der Waals surface area contributed by atoms with E-state index in [0.717, 1.165) is 30.0 Å². The van der Waals surface area contributed by atoms with Crippen molar-refractivity contribution in [2.24, 2.45) is 0 Å². The monoisotopic (exact) mass is 263 g/mol. The van der Waals surface area contributed by atoms with Crippen molar-refractivity contribution in [1.82, 2.24) is 14.9 Å². The molecule has 2 aromatic rings. The molecule has 1 unspecified atom stereocenters. The van der Waals surface area contributed by atoms with Crippen LogP contribution in [0.5, 0.6) is 0 Å². The quantitative estimate of drug-likeness (QED) is 0.918. The van der Waals surface area contributed by atoms with E-state index in [4.69, 9.17) is 16.6 Å². The van der Waals surface area contributed by atoms with Gasteiger partial charge in [0.1, 0.15) is 5.82 Å². The van der Waals surface area contributed by atoms with Crippen LogP contribution < -0.4 is 5.32 Å². The van der Waals surface area contributed by atoms with Crippen molar-refractivity contribution < 1.29 is 0 Å². The Morgan fingerprint density at radius 3 is 3.11 bits per heavy atom. The molecule has 0 aliphatic carbocycles. The van der Waals surface area contributed by atoms with E-state index in [-0.39, 0.29) is 0 Å². The average Bonchev–Trinajstić information content (AvgIpc) is 2.97. The van der Waals surface area contributed by atoms with Gasteiger partial charge in [-0.25, -0.2) is 4.98 Å². The maximum absolute atomic E-state index is 6.05. The molecule has 0 saturated carbocycles. The number of imidazole rings is 1. The molecule has 18 heavy (non-hydrogen) atoms. The summed E-state index contributed by atoms with van der Waals surface area (Å²) in [7, 11) is 0. The molecule has 0 amide bonds. The number of fused-ring (bicyclic) bond motifs is 1. The van der Waals surface area contributed by atoms with Gasteiger partial charge >= 0.3 is 0 Å². The third-order valence-electron chi connectivity index (χ3n) is 3.56. The number of aryl methyl sites for hydroxylation is 1. The molecule has 0 bridgehead atoms. The molecule has 1 saturated heterocycles. The van der Waals surface area contributed by atoms with Crippen molar-refractivity contribution in [1.29, 1.82) is 0 Å². The van der Waals surface area contributed by atoms with Gasteiger partial charge in [-0.2, -0.15) is 0 Å². The van der Waals surface area contributed by atoms with E-state index < -0.39 is 0 Å². The molecule has 1 fully saturated rings. The van der Waals surface area contributed by atoms with E-state index in [9.17, 15) is 0 Å². The predicted molar refractivity (Wildman–Crippen MR) is 75.0 cm³/mol. The Bertz CT molecular complexity index is 555. The lowest BCUT2D eigenvalue weighted by Crippen LogP contribution is -2.18. The topological polar surface area (TPSA) is 29.9 Å². The summed E-state index contributed by atoms with van der Waals surface area (Å²) < 4.78 is 2.34. The third kappa shape index (κ3) is 2.02. The lowest BCUT2D eigenvalue weighted by atomic mass is 10.2. The summed E-state index contributed by atoms with van der Waals surface area (Å²) in [6.07, 6.45) is 3.54. The molecule has 1 aromatic heterocycles. The second-order valence-electron chi connectivity index (χ2n) is 4.90. The van der Waals surface area contributed by atoms with E-state index in [2.05, 4.69) is 22.9 Å². The van der Waals surface area contributed by atoms with Crippen LogP contribution in [-0.4, -0.2) is 16.1 Å². The SMILES string of the molecule is CCCn1c(C2CCCN2)nc2cc(Cl)ccc21. The van der Waals surface area contributed by atoms with Crippen LogP contribution >= 0.6 is 11.6 Å². The van der Waals surface area contributed by atoms with Gasteiger partial charge in [0, 0.05) is 11.6 Å². The molecule has 0 spiro atoms. The van der Waals surface area contributed by atoms with Crippen LogP contribution in [0.1, 0.15) is 38.1 Å². The Morgan fingerprint density at radius 2 is 2.39 bits per heavy atom. The number of halogens is 1. The zero-order chi connectivity index (χ0) is 12.5. The van der Waals surface area contributed by atoms with Gasteiger partial charge in [-0.15, -0.1) is 0 Å². The fourth-order valence-corrected chi connectivity index (χ4v) is 2.92. The highest BCUT2D eigenvalue weighted by Gasteiger charge is 2.22. The van der Waals surface area contributed by atoms with E-state index in [1.165, 1.54) is 24.2 Å². The molecule has 96 valence electrons. The Balaban J connectivity index is 2.13. The Morgan fingerprint density at radius 1 is 1.50 bits per heavy atom. The van der Waals surface area contributed by atoms with Crippen molar-refractivity contribution >= 4 is 22.6 Å². The Hall–Kier alpha value is -1.06. The highest BCUT2D eigenvalue weighted by molar-refractivity contribution is 6.31. The van der Waals surface area contributed by atoms with E-state index in [1.54, 1.807) is 0 Å². The lowest BCUT2D eigenvalue weighted by Gasteiger charge is -2.13. The fraction of sp³-hybridized carbons (Fsp3) is 0.500. The minimum atomic E-state index is 0.405. The largest absolute Gasteiger partial charge is 0.327 e. The Labute approximate surface area is 112 Å². The molecule has 3 nitrogen and oxygen atoms in total. The van der Waals surface area contributed by atoms with Crippen LogP contribution in [0.2, 0.25) is 5.02 Å². The second-order valence-corrected chi connectivity index (χ2v) is 5.34. The number of nitrogens with zero attached hydrogens (tertiary/aromatic N) is 2. The second kappa shape index (κ2) is 4.90. The van der Waals surface area contributed by atoms with E-state index in [1.807, 2.05) is 12.1 Å². The lowest BCUT2D eigenvalue weighted by molar-refractivity contribution is 0.550. The molecule has 0 radical (unpaired) electrons. The van der Waals surface area contributed by atoms with Gasteiger partial charge in [-0.1, -0.05) is 18.5 Å². The van der Waals surface area contributed by atoms with Gasteiger partial charge in [0.15, 0.2) is 0 Å². The van der Waals surface area contributed by atoms with Crippen LogP contribution in [0.4, 0.5) is 0 Å². The zero-order valence-electron chi connectivity index (χ0n) is 10.6. The first kappa shape index (κ1) is 12.0. The first-order valence-electron chi connectivity index (χ1n) is 6.68. The minimum Gasteiger partial charge on any atom is -0.327 e. The number of aromatic nitrogens is 2. The van der Waals surface area contributed by atoms with Crippen molar-refractivity contribution in [2.75, 3.05) is 6.54 Å². The first-order chi connectivity index (χ1) is 8.79. The normalized spacial score (nSPS) is 19.8. The molecule has 1 aliphatic heterocycles. The van der Waals surface area contributed by atoms with Gasteiger partial charge in [-0.3, -0.25) is 0 Å². The van der Waals surface area contributed by atoms with Crippen LogP contribution in [-0.2, 0) is 6.54 Å². The maximum atomic E-state index is 6.05. The highest BCUT2D eigenvalue weighted by atomic mass is 35.5. The number of benzene rings is 1. The summed E-state index contributed by atoms with van der Waals surface area (Å²) in [6, 6.07) is 6.40. The number of hydrogen-bond acceptors (Lipinski definition) is 2. The first-order valence-corrected chi connectivity index (χ1v) is 7.06. The Kier molecular flexibility index (Phi) is 3.27. The zero-order valence-corrected chi connectivity index (χ0v) is 11.4. The summed E-state index contributed by atoms with van der Waals surface area (Å²) in [5.41, 5.74) is 2.21. The molecule has 1 atom stereocenters. The molecular weight excluding hydrogens is 246 g/mol. The van der Waals surface area contributed by atoms with E-state index >= 15 is 0 Å².